The first-order chi connectivity index (χ1) is 13.6. The van der Waals surface area contributed by atoms with E-state index in [0.717, 1.165) is 12.5 Å². The Balaban J connectivity index is 1.92. The van der Waals surface area contributed by atoms with Crippen LogP contribution in [-0.4, -0.2) is 29.2 Å². The summed E-state index contributed by atoms with van der Waals surface area (Å²) in [5, 5.41) is 2.93. The standard InChI is InChI=1S/C20H21FN4O3S/c1-13(2)11-25-12-14(4-9-18(25)26)19-17(21)10-22-20(24-19)23-15-5-7-16(8-6-15)29(3,27)28/h4-10,12-13H,11H2,1-3H3,(H,22,23,24). The molecule has 3 rings (SSSR count). The molecule has 0 radical (unpaired) electrons. The summed E-state index contributed by atoms with van der Waals surface area (Å²) in [6.45, 7) is 4.49. The minimum Gasteiger partial charge on any atom is -0.324 e. The van der Waals surface area contributed by atoms with Crippen LogP contribution in [0, 0.1) is 11.7 Å². The van der Waals surface area contributed by atoms with E-state index in [9.17, 15) is 17.6 Å². The Morgan fingerprint density at radius 3 is 2.45 bits per heavy atom. The summed E-state index contributed by atoms with van der Waals surface area (Å²) < 4.78 is 39.0. The van der Waals surface area contributed by atoms with Gasteiger partial charge in [0.15, 0.2) is 15.7 Å². The van der Waals surface area contributed by atoms with Gasteiger partial charge in [-0.05, 0) is 36.2 Å². The molecule has 0 atom stereocenters. The van der Waals surface area contributed by atoms with Gasteiger partial charge in [0.2, 0.25) is 5.95 Å². The first-order valence-electron chi connectivity index (χ1n) is 8.94. The molecule has 1 aromatic carbocycles. The van der Waals surface area contributed by atoms with Crippen molar-refractivity contribution in [3.8, 4) is 11.3 Å². The molecule has 0 aliphatic rings. The fourth-order valence-electron chi connectivity index (χ4n) is 2.75. The summed E-state index contributed by atoms with van der Waals surface area (Å²) in [5.41, 5.74) is 0.911. The molecule has 0 aliphatic carbocycles. The zero-order chi connectivity index (χ0) is 21.2. The lowest BCUT2D eigenvalue weighted by Crippen LogP contribution is -2.21. The first-order valence-corrected chi connectivity index (χ1v) is 10.8. The van der Waals surface area contributed by atoms with Gasteiger partial charge < -0.3 is 9.88 Å². The quantitative estimate of drug-likeness (QED) is 0.663. The maximum atomic E-state index is 14.4. The molecule has 3 aromatic rings. The van der Waals surface area contributed by atoms with Crippen molar-refractivity contribution in [2.24, 2.45) is 5.92 Å². The SMILES string of the molecule is CC(C)Cn1cc(-c2nc(Nc3ccc(S(C)(=O)=O)cc3)ncc2F)ccc1=O. The third-order valence-corrected chi connectivity index (χ3v) is 5.23. The zero-order valence-electron chi connectivity index (χ0n) is 16.3. The van der Waals surface area contributed by atoms with Crippen LogP contribution in [0.5, 0.6) is 0 Å². The molecule has 2 aromatic heterocycles. The summed E-state index contributed by atoms with van der Waals surface area (Å²) >= 11 is 0. The minimum absolute atomic E-state index is 0.0627. The van der Waals surface area contributed by atoms with Gasteiger partial charge in [0, 0.05) is 36.3 Å². The Hall–Kier alpha value is -3.07. The number of hydrogen-bond acceptors (Lipinski definition) is 6. The molecule has 29 heavy (non-hydrogen) atoms. The van der Waals surface area contributed by atoms with Crippen molar-refractivity contribution in [3.63, 3.8) is 0 Å². The number of hydrogen-bond donors (Lipinski definition) is 1. The van der Waals surface area contributed by atoms with Crippen molar-refractivity contribution in [2.45, 2.75) is 25.3 Å². The van der Waals surface area contributed by atoms with Gasteiger partial charge in [-0.3, -0.25) is 4.79 Å². The van der Waals surface area contributed by atoms with E-state index in [0.29, 0.717) is 17.8 Å². The lowest BCUT2D eigenvalue weighted by molar-refractivity contribution is 0.511. The van der Waals surface area contributed by atoms with Gasteiger partial charge in [0.1, 0.15) is 5.69 Å². The molecule has 2 heterocycles. The Kier molecular flexibility index (Phi) is 5.78. The van der Waals surface area contributed by atoms with Crippen LogP contribution in [0.4, 0.5) is 16.0 Å². The molecule has 0 bridgehead atoms. The topological polar surface area (TPSA) is 93.9 Å². The highest BCUT2D eigenvalue weighted by Crippen LogP contribution is 2.22. The van der Waals surface area contributed by atoms with Crippen molar-refractivity contribution < 1.29 is 12.8 Å². The highest BCUT2D eigenvalue weighted by Gasteiger charge is 2.12. The monoisotopic (exact) mass is 416 g/mol. The number of rotatable bonds is 6. The van der Waals surface area contributed by atoms with Crippen LogP contribution in [0.15, 0.2) is 58.5 Å². The fourth-order valence-corrected chi connectivity index (χ4v) is 3.38. The van der Waals surface area contributed by atoms with E-state index in [1.54, 1.807) is 18.3 Å². The van der Waals surface area contributed by atoms with Crippen molar-refractivity contribution in [2.75, 3.05) is 11.6 Å². The van der Waals surface area contributed by atoms with Gasteiger partial charge in [-0.1, -0.05) is 13.8 Å². The third kappa shape index (κ3) is 5.05. The molecule has 9 heteroatoms. The highest BCUT2D eigenvalue weighted by atomic mass is 32.2. The maximum Gasteiger partial charge on any atom is 0.250 e. The zero-order valence-corrected chi connectivity index (χ0v) is 17.1. The summed E-state index contributed by atoms with van der Waals surface area (Å²) in [6, 6.07) is 8.98. The Morgan fingerprint density at radius 2 is 1.83 bits per heavy atom. The van der Waals surface area contributed by atoms with Crippen LogP contribution < -0.4 is 10.9 Å². The van der Waals surface area contributed by atoms with Crippen LogP contribution in [0.1, 0.15) is 13.8 Å². The van der Waals surface area contributed by atoms with Gasteiger partial charge in [-0.2, -0.15) is 0 Å². The van der Waals surface area contributed by atoms with Crippen molar-refractivity contribution in [1.82, 2.24) is 14.5 Å². The van der Waals surface area contributed by atoms with E-state index in [1.807, 2.05) is 13.8 Å². The first kappa shape index (κ1) is 20.7. The lowest BCUT2D eigenvalue weighted by Gasteiger charge is -2.12. The van der Waals surface area contributed by atoms with Crippen LogP contribution in [0.3, 0.4) is 0 Å². The minimum atomic E-state index is -3.29. The number of nitrogens with one attached hydrogen (secondary N) is 1. The predicted molar refractivity (Wildman–Crippen MR) is 109 cm³/mol. The molecule has 0 unspecified atom stereocenters. The predicted octanol–water partition coefficient (Wildman–Crippen LogP) is 3.25. The third-order valence-electron chi connectivity index (χ3n) is 4.10. The van der Waals surface area contributed by atoms with Gasteiger partial charge in [-0.25, -0.2) is 22.8 Å². The van der Waals surface area contributed by atoms with Gasteiger partial charge >= 0.3 is 0 Å². The average Bonchev–Trinajstić information content (AvgIpc) is 2.64. The molecule has 7 nitrogen and oxygen atoms in total. The number of anilines is 2. The molecule has 1 N–H and O–H groups in total. The van der Waals surface area contributed by atoms with E-state index in [4.69, 9.17) is 0 Å². The van der Waals surface area contributed by atoms with E-state index >= 15 is 0 Å². The number of nitrogens with zero attached hydrogens (tertiary/aromatic N) is 3. The van der Waals surface area contributed by atoms with Crippen LogP contribution in [0.25, 0.3) is 11.3 Å². The number of aromatic nitrogens is 3. The lowest BCUT2D eigenvalue weighted by atomic mass is 10.1. The molecular formula is C20H21FN4O3S. The molecular weight excluding hydrogens is 395 g/mol. The number of pyridine rings is 1. The fraction of sp³-hybridized carbons (Fsp3) is 0.250. The van der Waals surface area contributed by atoms with Crippen LogP contribution in [-0.2, 0) is 16.4 Å². The molecule has 0 saturated carbocycles. The number of sulfone groups is 1. The second kappa shape index (κ2) is 8.12. The van der Waals surface area contributed by atoms with Crippen molar-refractivity contribution in [3.05, 3.63) is 65.0 Å². The number of halogens is 1. The molecule has 0 aliphatic heterocycles. The van der Waals surface area contributed by atoms with Crippen molar-refractivity contribution >= 4 is 21.5 Å². The van der Waals surface area contributed by atoms with E-state index < -0.39 is 15.7 Å². The van der Waals surface area contributed by atoms with Crippen molar-refractivity contribution in [1.29, 1.82) is 0 Å². The van der Waals surface area contributed by atoms with Crippen LogP contribution >= 0.6 is 0 Å². The largest absolute Gasteiger partial charge is 0.324 e. The van der Waals surface area contributed by atoms with E-state index in [1.165, 1.54) is 28.8 Å². The summed E-state index contributed by atoms with van der Waals surface area (Å²) in [6.07, 6.45) is 3.76. The summed E-state index contributed by atoms with van der Waals surface area (Å²) in [7, 11) is -3.29. The van der Waals surface area contributed by atoms with Crippen LogP contribution in [0.2, 0.25) is 0 Å². The normalized spacial score (nSPS) is 11.6. The molecule has 152 valence electrons. The Bertz CT molecular complexity index is 1190. The molecule has 0 amide bonds. The summed E-state index contributed by atoms with van der Waals surface area (Å²) in [5.74, 6) is -0.210. The highest BCUT2D eigenvalue weighted by molar-refractivity contribution is 7.90. The van der Waals surface area contributed by atoms with E-state index in [2.05, 4.69) is 15.3 Å². The van der Waals surface area contributed by atoms with Gasteiger partial charge in [0.25, 0.3) is 5.56 Å². The number of benzene rings is 1. The second-order valence-electron chi connectivity index (χ2n) is 7.11. The van der Waals surface area contributed by atoms with E-state index in [-0.39, 0.29) is 28.0 Å². The maximum absolute atomic E-state index is 14.4. The second-order valence-corrected chi connectivity index (χ2v) is 9.13. The smallest absolute Gasteiger partial charge is 0.250 e. The van der Waals surface area contributed by atoms with Gasteiger partial charge in [-0.15, -0.1) is 0 Å². The average molecular weight is 416 g/mol. The molecule has 0 spiro atoms. The molecule has 0 saturated heterocycles. The molecule has 0 fully saturated rings. The van der Waals surface area contributed by atoms with Gasteiger partial charge in [0.05, 0.1) is 11.1 Å². The Morgan fingerprint density at radius 1 is 1.14 bits per heavy atom. The Labute approximate surface area is 168 Å². The summed E-state index contributed by atoms with van der Waals surface area (Å²) in [4.78, 5) is 20.4.